The molecule has 0 fully saturated rings. The van der Waals surface area contributed by atoms with Crippen molar-refractivity contribution in [3.8, 4) is 17.2 Å². The molecule has 0 saturated heterocycles. The number of ketones is 1. The predicted molar refractivity (Wildman–Crippen MR) is 125 cm³/mol. The Bertz CT molecular complexity index is 1320. The van der Waals surface area contributed by atoms with E-state index >= 15 is 0 Å². The third kappa shape index (κ3) is 3.76. The monoisotopic (exact) mass is 476 g/mol. The number of allylic oxidation sites excluding steroid dienone is 2. The number of aromatic nitrogens is 3. The van der Waals surface area contributed by atoms with E-state index in [1.807, 2.05) is 12.1 Å². The van der Waals surface area contributed by atoms with Crippen molar-refractivity contribution < 1.29 is 28.9 Å². The first-order chi connectivity index (χ1) is 16.9. The van der Waals surface area contributed by atoms with Crippen molar-refractivity contribution in [1.29, 1.82) is 0 Å². The molecule has 2 atom stereocenters. The van der Waals surface area contributed by atoms with Crippen molar-refractivity contribution in [3.63, 3.8) is 0 Å². The molecule has 2 heterocycles. The standard InChI is InChI=1S/C25H24N4O6/c1-33-19-10-16(11-20(34-2)23(19)35-3)15-8-17-21(18(30)9-15)22(29-25(28-17)26-12-27-29)13-4-6-14(7-5-13)24(31)32/h4-7,10-12,15,22H,8-9H2,1-3H3,(H,31,32)(H,26,27,28)/t15-,22+/m0/s1. The number of benzene rings is 2. The minimum Gasteiger partial charge on any atom is -0.493 e. The lowest BCUT2D eigenvalue weighted by atomic mass is 9.77. The van der Waals surface area contributed by atoms with Crippen LogP contribution in [0, 0.1) is 0 Å². The second kappa shape index (κ2) is 8.79. The number of ether oxygens (including phenoxy) is 3. The number of Topliss-reactive ketones (excluding diaryl/α,β-unsaturated/α-hetero) is 1. The number of methoxy groups -OCH3 is 3. The molecule has 10 heteroatoms. The number of carboxylic acid groups (broad SMARTS) is 1. The first-order valence-electron chi connectivity index (χ1n) is 11.0. The fourth-order valence-electron chi connectivity index (χ4n) is 4.84. The van der Waals surface area contributed by atoms with Gasteiger partial charge in [0.2, 0.25) is 11.7 Å². The quantitative estimate of drug-likeness (QED) is 0.550. The third-order valence-electron chi connectivity index (χ3n) is 6.49. The predicted octanol–water partition coefficient (Wildman–Crippen LogP) is 3.42. The maximum atomic E-state index is 13.6. The van der Waals surface area contributed by atoms with Gasteiger partial charge in [0, 0.05) is 17.7 Å². The largest absolute Gasteiger partial charge is 0.493 e. The highest BCUT2D eigenvalue weighted by molar-refractivity contribution is 6.00. The number of nitrogens with one attached hydrogen (secondary N) is 1. The van der Waals surface area contributed by atoms with Gasteiger partial charge < -0.3 is 24.6 Å². The zero-order valence-electron chi connectivity index (χ0n) is 19.4. The van der Waals surface area contributed by atoms with Gasteiger partial charge in [-0.3, -0.25) is 4.79 Å². The molecule has 180 valence electrons. The molecule has 1 aromatic heterocycles. The number of hydrogen-bond donors (Lipinski definition) is 2. The van der Waals surface area contributed by atoms with Crippen LogP contribution in [0.3, 0.4) is 0 Å². The Kier molecular flexibility index (Phi) is 5.64. The van der Waals surface area contributed by atoms with Crippen LogP contribution in [0.1, 0.15) is 46.3 Å². The van der Waals surface area contributed by atoms with Gasteiger partial charge in [0.05, 0.1) is 26.9 Å². The molecule has 3 aromatic rings. The molecule has 0 amide bonds. The molecule has 1 aliphatic heterocycles. The molecule has 0 unspecified atom stereocenters. The summed E-state index contributed by atoms with van der Waals surface area (Å²) < 4.78 is 18.1. The lowest BCUT2D eigenvalue weighted by Crippen LogP contribution is -2.33. The van der Waals surface area contributed by atoms with Crippen molar-refractivity contribution in [2.45, 2.75) is 24.8 Å². The van der Waals surface area contributed by atoms with E-state index in [1.54, 1.807) is 38.1 Å². The number of nitrogens with zero attached hydrogens (tertiary/aromatic N) is 3. The number of rotatable bonds is 6. The van der Waals surface area contributed by atoms with Gasteiger partial charge in [0.15, 0.2) is 17.3 Å². The second-order valence-electron chi connectivity index (χ2n) is 8.36. The lowest BCUT2D eigenvalue weighted by molar-refractivity contribution is -0.116. The molecule has 0 radical (unpaired) electrons. The average molecular weight is 476 g/mol. The highest BCUT2D eigenvalue weighted by Gasteiger charge is 2.39. The number of fused-ring (bicyclic) bond motifs is 1. The maximum Gasteiger partial charge on any atom is 0.335 e. The number of carboxylic acids is 1. The van der Waals surface area contributed by atoms with Gasteiger partial charge in [-0.1, -0.05) is 12.1 Å². The highest BCUT2D eigenvalue weighted by Crippen LogP contribution is 2.47. The summed E-state index contributed by atoms with van der Waals surface area (Å²) in [5.74, 6) is 0.927. The third-order valence-corrected chi connectivity index (χ3v) is 6.49. The van der Waals surface area contributed by atoms with Crippen molar-refractivity contribution in [3.05, 3.63) is 70.7 Å². The fraction of sp³-hybridized carbons (Fsp3) is 0.280. The summed E-state index contributed by atoms with van der Waals surface area (Å²) in [7, 11) is 4.67. The molecule has 0 saturated carbocycles. The smallest absolute Gasteiger partial charge is 0.335 e. The Balaban J connectivity index is 1.56. The molecule has 0 spiro atoms. The molecule has 0 bridgehead atoms. The summed E-state index contributed by atoms with van der Waals surface area (Å²) in [4.78, 5) is 29.2. The topological polar surface area (TPSA) is 125 Å². The van der Waals surface area contributed by atoms with Crippen LogP contribution < -0.4 is 19.5 Å². The Morgan fingerprint density at radius 1 is 1.03 bits per heavy atom. The summed E-state index contributed by atoms with van der Waals surface area (Å²) in [5.41, 5.74) is 3.21. The van der Waals surface area contributed by atoms with E-state index in [2.05, 4.69) is 15.4 Å². The SMILES string of the molecule is COc1cc([C@@H]2CC(=O)C3=C(C2)Nc2ncnn2[C@@H]3c2ccc(C(=O)O)cc2)cc(OC)c1OC. The van der Waals surface area contributed by atoms with Crippen molar-refractivity contribution >= 4 is 17.7 Å². The summed E-state index contributed by atoms with van der Waals surface area (Å²) >= 11 is 0. The first kappa shape index (κ1) is 22.5. The van der Waals surface area contributed by atoms with Crippen LogP contribution in [0.2, 0.25) is 0 Å². The molecular weight excluding hydrogens is 452 g/mol. The zero-order valence-corrected chi connectivity index (χ0v) is 19.4. The molecule has 1 aliphatic carbocycles. The maximum absolute atomic E-state index is 13.6. The van der Waals surface area contributed by atoms with E-state index in [0.717, 1.165) is 16.8 Å². The highest BCUT2D eigenvalue weighted by atomic mass is 16.5. The van der Waals surface area contributed by atoms with Gasteiger partial charge >= 0.3 is 5.97 Å². The average Bonchev–Trinajstić information content (AvgIpc) is 3.34. The van der Waals surface area contributed by atoms with Gasteiger partial charge in [-0.05, 0) is 47.7 Å². The van der Waals surface area contributed by atoms with Gasteiger partial charge in [0.1, 0.15) is 12.4 Å². The Morgan fingerprint density at radius 3 is 2.31 bits per heavy atom. The van der Waals surface area contributed by atoms with Crippen LogP contribution in [0.4, 0.5) is 5.95 Å². The number of carbonyl (C=O) groups excluding carboxylic acids is 1. The van der Waals surface area contributed by atoms with Crippen LogP contribution in [0.5, 0.6) is 17.2 Å². The fourth-order valence-corrected chi connectivity index (χ4v) is 4.84. The van der Waals surface area contributed by atoms with Crippen LogP contribution in [0.15, 0.2) is 54.0 Å². The van der Waals surface area contributed by atoms with E-state index in [0.29, 0.717) is 35.2 Å². The van der Waals surface area contributed by atoms with E-state index in [9.17, 15) is 14.7 Å². The number of carbonyl (C=O) groups is 2. The first-order valence-corrected chi connectivity index (χ1v) is 11.0. The number of anilines is 1. The molecule has 2 aliphatic rings. The Hall–Kier alpha value is -4.34. The minimum atomic E-state index is -1.01. The van der Waals surface area contributed by atoms with Crippen LogP contribution in [-0.4, -0.2) is 53.0 Å². The molecule has 35 heavy (non-hydrogen) atoms. The van der Waals surface area contributed by atoms with Crippen molar-refractivity contribution in [1.82, 2.24) is 14.8 Å². The number of aromatic carboxylic acids is 1. The summed E-state index contributed by atoms with van der Waals surface area (Å²) in [6, 6.07) is 9.74. The van der Waals surface area contributed by atoms with E-state index in [1.165, 1.54) is 18.5 Å². The summed E-state index contributed by atoms with van der Waals surface area (Å²) in [6.07, 6.45) is 2.28. The van der Waals surface area contributed by atoms with Gasteiger partial charge in [-0.2, -0.15) is 10.1 Å². The van der Waals surface area contributed by atoms with Crippen LogP contribution in [0.25, 0.3) is 0 Å². The molecule has 2 N–H and O–H groups in total. The van der Waals surface area contributed by atoms with E-state index < -0.39 is 12.0 Å². The van der Waals surface area contributed by atoms with E-state index in [-0.39, 0.29) is 23.7 Å². The molecule has 2 aromatic carbocycles. The van der Waals surface area contributed by atoms with Crippen molar-refractivity contribution in [2.24, 2.45) is 0 Å². The van der Waals surface area contributed by atoms with E-state index in [4.69, 9.17) is 14.2 Å². The van der Waals surface area contributed by atoms with Gasteiger partial charge in [-0.25, -0.2) is 9.48 Å². The molecule has 5 rings (SSSR count). The normalized spacial score (nSPS) is 18.9. The molecule has 10 nitrogen and oxygen atoms in total. The summed E-state index contributed by atoms with van der Waals surface area (Å²) in [5, 5.41) is 16.9. The number of hydrogen-bond acceptors (Lipinski definition) is 8. The Morgan fingerprint density at radius 2 is 1.71 bits per heavy atom. The van der Waals surface area contributed by atoms with Crippen molar-refractivity contribution in [2.75, 3.05) is 26.6 Å². The van der Waals surface area contributed by atoms with Crippen LogP contribution >= 0.6 is 0 Å². The summed E-state index contributed by atoms with van der Waals surface area (Å²) in [6.45, 7) is 0. The second-order valence-corrected chi connectivity index (χ2v) is 8.36. The zero-order chi connectivity index (χ0) is 24.7. The molecular formula is C25H24N4O6. The minimum absolute atomic E-state index is 0.0223. The van der Waals surface area contributed by atoms with Crippen LogP contribution in [-0.2, 0) is 4.79 Å². The Labute approximate surface area is 201 Å². The van der Waals surface area contributed by atoms with Gasteiger partial charge in [0.25, 0.3) is 0 Å². The lowest BCUT2D eigenvalue weighted by Gasteiger charge is -2.35. The van der Waals surface area contributed by atoms with Gasteiger partial charge in [-0.15, -0.1) is 0 Å².